The average Bonchev–Trinajstić information content (AvgIpc) is 2.98. The minimum absolute atomic E-state index is 0.175. The molecule has 1 aromatic heterocycles. The van der Waals surface area contributed by atoms with Gasteiger partial charge in [-0.2, -0.15) is 4.31 Å². The highest BCUT2D eigenvalue weighted by atomic mass is 32.2. The number of methoxy groups -OCH3 is 1. The molecule has 118 valence electrons. The molecule has 0 atom stereocenters. The standard InChI is InChI=1S/C12H18N2O5S2/c1-4-14(9-11(16)19-3)10(15)8-13(2)21(17,18)12-6-5-7-20-12/h5-7H,4,8-9H2,1-3H3. The highest BCUT2D eigenvalue weighted by Crippen LogP contribution is 2.19. The Morgan fingerprint density at radius 1 is 1.33 bits per heavy atom. The molecule has 0 radical (unpaired) electrons. The van der Waals surface area contributed by atoms with Gasteiger partial charge in [-0.05, 0) is 18.4 Å². The topological polar surface area (TPSA) is 84.0 Å². The third-order valence-corrected chi connectivity index (χ3v) is 5.98. The first-order valence-corrected chi connectivity index (χ1v) is 8.49. The van der Waals surface area contributed by atoms with Crippen LogP contribution in [0, 0.1) is 0 Å². The first kappa shape index (κ1) is 17.6. The van der Waals surface area contributed by atoms with Gasteiger partial charge in [-0.25, -0.2) is 8.42 Å². The monoisotopic (exact) mass is 334 g/mol. The smallest absolute Gasteiger partial charge is 0.325 e. The van der Waals surface area contributed by atoms with Crippen molar-refractivity contribution in [1.29, 1.82) is 0 Å². The van der Waals surface area contributed by atoms with Crippen LogP contribution < -0.4 is 0 Å². The normalized spacial score (nSPS) is 11.4. The molecule has 0 aliphatic carbocycles. The number of carbonyl (C=O) groups excluding carboxylic acids is 2. The molecule has 0 unspecified atom stereocenters. The number of hydrogen-bond acceptors (Lipinski definition) is 6. The Hall–Kier alpha value is -1.45. The largest absolute Gasteiger partial charge is 0.468 e. The van der Waals surface area contributed by atoms with Gasteiger partial charge in [-0.1, -0.05) is 6.07 Å². The van der Waals surface area contributed by atoms with Crippen molar-refractivity contribution >= 4 is 33.2 Å². The number of esters is 1. The molecule has 21 heavy (non-hydrogen) atoms. The summed E-state index contributed by atoms with van der Waals surface area (Å²) < 4.78 is 30.0. The fourth-order valence-electron chi connectivity index (χ4n) is 1.54. The van der Waals surface area contributed by atoms with Crippen LogP contribution in [0.2, 0.25) is 0 Å². The average molecular weight is 334 g/mol. The van der Waals surface area contributed by atoms with Gasteiger partial charge in [-0.15, -0.1) is 11.3 Å². The fraction of sp³-hybridized carbons (Fsp3) is 0.500. The summed E-state index contributed by atoms with van der Waals surface area (Å²) in [5, 5.41) is 1.65. The highest BCUT2D eigenvalue weighted by Gasteiger charge is 2.26. The molecule has 0 saturated carbocycles. The molecule has 0 aromatic carbocycles. The van der Waals surface area contributed by atoms with Gasteiger partial charge in [0.15, 0.2) is 0 Å². The second kappa shape index (κ2) is 7.53. The minimum Gasteiger partial charge on any atom is -0.468 e. The lowest BCUT2D eigenvalue weighted by Crippen LogP contribution is -2.43. The molecule has 9 heteroatoms. The number of carbonyl (C=O) groups is 2. The molecule has 0 aliphatic heterocycles. The van der Waals surface area contributed by atoms with Crippen molar-refractivity contribution < 1.29 is 22.7 Å². The molecule has 0 fully saturated rings. The number of rotatable bonds is 7. The number of thiophene rings is 1. The van der Waals surface area contributed by atoms with E-state index >= 15 is 0 Å². The molecule has 1 amide bonds. The molecule has 1 rings (SSSR count). The molecule has 0 saturated heterocycles. The van der Waals surface area contributed by atoms with Crippen LogP contribution in [0.1, 0.15) is 6.92 Å². The van der Waals surface area contributed by atoms with E-state index in [1.54, 1.807) is 18.4 Å². The molecular formula is C12H18N2O5S2. The third kappa shape index (κ3) is 4.51. The maximum Gasteiger partial charge on any atom is 0.325 e. The number of sulfonamides is 1. The summed E-state index contributed by atoms with van der Waals surface area (Å²) in [7, 11) is -1.12. The molecule has 1 heterocycles. The molecule has 7 nitrogen and oxygen atoms in total. The van der Waals surface area contributed by atoms with Crippen molar-refractivity contribution in [3.05, 3.63) is 17.5 Å². The van der Waals surface area contributed by atoms with E-state index in [9.17, 15) is 18.0 Å². The van der Waals surface area contributed by atoms with Crippen LogP contribution in [0.15, 0.2) is 21.7 Å². The minimum atomic E-state index is -3.68. The van der Waals surface area contributed by atoms with E-state index in [2.05, 4.69) is 4.74 Å². The quantitative estimate of drug-likeness (QED) is 0.674. The molecule has 1 aromatic rings. The lowest BCUT2D eigenvalue weighted by molar-refractivity contribution is -0.146. The SMILES string of the molecule is CCN(CC(=O)OC)C(=O)CN(C)S(=O)(=O)c1cccs1. The predicted octanol–water partition coefficient (Wildman–Crippen LogP) is 0.390. The summed E-state index contributed by atoms with van der Waals surface area (Å²) in [5.74, 6) is -1.00. The number of likely N-dealkylation sites (N-methyl/N-ethyl adjacent to an activating group) is 2. The lowest BCUT2D eigenvalue weighted by atomic mass is 10.4. The zero-order valence-corrected chi connectivity index (χ0v) is 13.7. The van der Waals surface area contributed by atoms with E-state index in [-0.39, 0.29) is 17.3 Å². The Morgan fingerprint density at radius 3 is 2.48 bits per heavy atom. The van der Waals surface area contributed by atoms with Gasteiger partial charge in [0.25, 0.3) is 10.0 Å². The molecule has 0 spiro atoms. The van der Waals surface area contributed by atoms with Gasteiger partial charge < -0.3 is 9.64 Å². The van der Waals surface area contributed by atoms with E-state index in [0.717, 1.165) is 15.6 Å². The van der Waals surface area contributed by atoms with E-state index < -0.39 is 21.9 Å². The van der Waals surface area contributed by atoms with Gasteiger partial charge in [0.1, 0.15) is 10.8 Å². The van der Waals surface area contributed by atoms with Crippen LogP contribution in [-0.2, 0) is 24.3 Å². The van der Waals surface area contributed by atoms with Crippen molar-refractivity contribution in [2.75, 3.05) is 33.8 Å². The van der Waals surface area contributed by atoms with Crippen molar-refractivity contribution in [2.24, 2.45) is 0 Å². The second-order valence-electron chi connectivity index (χ2n) is 4.18. The Morgan fingerprint density at radius 2 is 2.00 bits per heavy atom. The van der Waals surface area contributed by atoms with Crippen LogP contribution in [0.5, 0.6) is 0 Å². The van der Waals surface area contributed by atoms with E-state index in [0.29, 0.717) is 6.54 Å². The Balaban J connectivity index is 2.75. The zero-order valence-electron chi connectivity index (χ0n) is 12.1. The van der Waals surface area contributed by atoms with E-state index in [1.165, 1.54) is 25.1 Å². The van der Waals surface area contributed by atoms with Crippen LogP contribution in [-0.4, -0.2) is 63.3 Å². The summed E-state index contributed by atoms with van der Waals surface area (Å²) in [6.45, 7) is 1.47. The van der Waals surface area contributed by atoms with Crippen molar-refractivity contribution in [2.45, 2.75) is 11.1 Å². The summed E-state index contributed by atoms with van der Waals surface area (Å²) in [6, 6.07) is 3.11. The van der Waals surface area contributed by atoms with Gasteiger partial charge in [0.2, 0.25) is 5.91 Å². The van der Waals surface area contributed by atoms with Crippen LogP contribution in [0.4, 0.5) is 0 Å². The maximum atomic E-state index is 12.2. The lowest BCUT2D eigenvalue weighted by Gasteiger charge is -2.22. The Bertz CT molecular complexity index is 583. The maximum absolute atomic E-state index is 12.2. The third-order valence-electron chi connectivity index (χ3n) is 2.80. The number of hydrogen-bond donors (Lipinski definition) is 0. The molecule has 0 bridgehead atoms. The molecule has 0 aliphatic rings. The first-order valence-electron chi connectivity index (χ1n) is 6.17. The van der Waals surface area contributed by atoms with Gasteiger partial charge in [-0.3, -0.25) is 9.59 Å². The predicted molar refractivity (Wildman–Crippen MR) is 78.4 cm³/mol. The van der Waals surface area contributed by atoms with Crippen molar-refractivity contribution in [3.63, 3.8) is 0 Å². The summed E-state index contributed by atoms with van der Waals surface area (Å²) >= 11 is 1.09. The molecule has 0 N–H and O–H groups in total. The van der Waals surface area contributed by atoms with E-state index in [1.807, 2.05) is 0 Å². The van der Waals surface area contributed by atoms with Crippen LogP contribution >= 0.6 is 11.3 Å². The first-order chi connectivity index (χ1) is 9.82. The Labute approximate surface area is 128 Å². The van der Waals surface area contributed by atoms with Gasteiger partial charge >= 0.3 is 5.97 Å². The van der Waals surface area contributed by atoms with Crippen LogP contribution in [0.3, 0.4) is 0 Å². The van der Waals surface area contributed by atoms with E-state index in [4.69, 9.17) is 0 Å². The summed E-state index contributed by atoms with van der Waals surface area (Å²) in [4.78, 5) is 24.5. The summed E-state index contributed by atoms with van der Waals surface area (Å²) in [6.07, 6.45) is 0. The second-order valence-corrected chi connectivity index (χ2v) is 7.40. The van der Waals surface area contributed by atoms with Crippen molar-refractivity contribution in [1.82, 2.24) is 9.21 Å². The number of nitrogens with zero attached hydrogens (tertiary/aromatic N) is 2. The highest BCUT2D eigenvalue weighted by molar-refractivity contribution is 7.91. The van der Waals surface area contributed by atoms with Gasteiger partial charge in [0.05, 0.1) is 13.7 Å². The van der Waals surface area contributed by atoms with Gasteiger partial charge in [0, 0.05) is 13.6 Å². The molecular weight excluding hydrogens is 316 g/mol. The number of ether oxygens (including phenoxy) is 1. The van der Waals surface area contributed by atoms with Crippen molar-refractivity contribution in [3.8, 4) is 0 Å². The number of amides is 1. The Kier molecular flexibility index (Phi) is 6.31. The van der Waals surface area contributed by atoms with Crippen LogP contribution in [0.25, 0.3) is 0 Å². The zero-order chi connectivity index (χ0) is 16.0. The summed E-state index contributed by atoms with van der Waals surface area (Å²) in [5.41, 5.74) is 0. The fourth-order valence-corrected chi connectivity index (χ4v) is 3.86.